The van der Waals surface area contributed by atoms with Gasteiger partial charge < -0.3 is 20.2 Å². The third kappa shape index (κ3) is 5.66. The quantitative estimate of drug-likeness (QED) is 0.527. The molecule has 2 fully saturated rings. The van der Waals surface area contributed by atoms with E-state index >= 15 is 0 Å². The van der Waals surface area contributed by atoms with Crippen LogP contribution in [0, 0.1) is 23.7 Å². The largest absolute Gasteiger partial charge is 0.481 e. The lowest BCUT2D eigenvalue weighted by Gasteiger charge is -2.46. The molecule has 9 heteroatoms. The molecule has 0 radical (unpaired) electrons. The number of alkyl halides is 3. The molecule has 2 aliphatic heterocycles. The predicted octanol–water partition coefficient (Wildman–Crippen LogP) is 4.13. The van der Waals surface area contributed by atoms with Crippen LogP contribution in [0.2, 0.25) is 0 Å². The van der Waals surface area contributed by atoms with Crippen molar-refractivity contribution in [3.05, 3.63) is 23.7 Å². The lowest BCUT2D eigenvalue weighted by Crippen LogP contribution is -2.57. The summed E-state index contributed by atoms with van der Waals surface area (Å²) in [6.45, 7) is 4.73. The Hall–Kier alpha value is -1.90. The van der Waals surface area contributed by atoms with Crippen molar-refractivity contribution in [1.82, 2.24) is 20.4 Å². The Morgan fingerprint density at radius 3 is 2.44 bits per heavy atom. The monoisotopic (exact) mass is 484 g/mol. The van der Waals surface area contributed by atoms with Crippen molar-refractivity contribution in [2.24, 2.45) is 23.7 Å². The van der Waals surface area contributed by atoms with E-state index in [4.69, 9.17) is 0 Å². The summed E-state index contributed by atoms with van der Waals surface area (Å²) in [5.41, 5.74) is 2.34. The molecule has 2 aliphatic carbocycles. The van der Waals surface area contributed by atoms with Crippen LogP contribution in [-0.2, 0) is 4.79 Å². The average molecular weight is 485 g/mol. The maximum atomic E-state index is 13.1. The second-order valence-corrected chi connectivity index (χ2v) is 10.7. The summed E-state index contributed by atoms with van der Waals surface area (Å²) in [5, 5.41) is 16.5. The molecule has 2 saturated carbocycles. The summed E-state index contributed by atoms with van der Waals surface area (Å²) < 4.78 is 39.3. The van der Waals surface area contributed by atoms with Gasteiger partial charge in [-0.3, -0.25) is 10.1 Å². The van der Waals surface area contributed by atoms with E-state index in [1.807, 2.05) is 6.20 Å². The number of hydrogen-bond acceptors (Lipinski definition) is 5. The zero-order chi connectivity index (χ0) is 24.5. The number of nitrogens with zero attached hydrogens (tertiary/aromatic N) is 2. The van der Waals surface area contributed by atoms with Gasteiger partial charge in [-0.15, -0.1) is 0 Å². The van der Waals surface area contributed by atoms with Crippen molar-refractivity contribution in [2.45, 2.75) is 76.7 Å². The molecule has 0 aromatic carbocycles. The standard InChI is InChI=1S/C25H39F3N4O2/c1-16(18-5-7-19(8-6-18)24(33)34)30-23-22-21(11-12-29-23)31(2)13-14-32(22)15-17-3-9-20(10-4-17)25(26,27)28/h11-12,16-20,23,29-30H,3-10,13-15H2,1-2H3,(H,33,34). The van der Waals surface area contributed by atoms with Gasteiger partial charge in [-0.2, -0.15) is 13.2 Å². The molecule has 4 aliphatic rings. The highest BCUT2D eigenvalue weighted by Crippen LogP contribution is 2.40. The van der Waals surface area contributed by atoms with Crippen LogP contribution < -0.4 is 10.6 Å². The van der Waals surface area contributed by atoms with E-state index in [2.05, 4.69) is 40.5 Å². The minimum Gasteiger partial charge on any atom is -0.481 e. The Balaban J connectivity index is 1.40. The minimum atomic E-state index is -4.07. The molecule has 3 N–H and O–H groups in total. The number of carboxylic acid groups (broad SMARTS) is 1. The number of rotatable bonds is 6. The maximum absolute atomic E-state index is 13.1. The van der Waals surface area contributed by atoms with Crippen LogP contribution >= 0.6 is 0 Å². The zero-order valence-electron chi connectivity index (χ0n) is 20.3. The van der Waals surface area contributed by atoms with E-state index in [0.717, 1.165) is 51.0 Å². The number of carbonyl (C=O) groups is 1. The Morgan fingerprint density at radius 2 is 1.82 bits per heavy atom. The molecule has 34 heavy (non-hydrogen) atoms. The van der Waals surface area contributed by atoms with Crippen LogP contribution in [0.25, 0.3) is 0 Å². The first-order valence-electron chi connectivity index (χ1n) is 12.8. The fraction of sp³-hybridized carbons (Fsp3) is 0.800. The van der Waals surface area contributed by atoms with E-state index in [-0.39, 0.29) is 36.9 Å². The molecule has 0 aromatic heterocycles. The first-order chi connectivity index (χ1) is 16.1. The molecule has 0 saturated heterocycles. The van der Waals surface area contributed by atoms with Crippen molar-refractivity contribution in [3.8, 4) is 0 Å². The van der Waals surface area contributed by atoms with E-state index in [9.17, 15) is 23.1 Å². The molecule has 0 bridgehead atoms. The van der Waals surface area contributed by atoms with E-state index < -0.39 is 18.1 Å². The number of hydrogen-bond donors (Lipinski definition) is 3. The smallest absolute Gasteiger partial charge is 0.391 e. The van der Waals surface area contributed by atoms with E-state index in [0.29, 0.717) is 18.8 Å². The summed E-state index contributed by atoms with van der Waals surface area (Å²) in [5.74, 6) is -1.33. The summed E-state index contributed by atoms with van der Waals surface area (Å²) >= 11 is 0. The van der Waals surface area contributed by atoms with Gasteiger partial charge in [-0.1, -0.05) is 0 Å². The maximum Gasteiger partial charge on any atom is 0.391 e. The van der Waals surface area contributed by atoms with Gasteiger partial charge in [-0.25, -0.2) is 0 Å². The van der Waals surface area contributed by atoms with Crippen LogP contribution in [0.5, 0.6) is 0 Å². The minimum absolute atomic E-state index is 0.0681. The SMILES string of the molecule is CC(NC1NC=CC2=C1N(CC1CCC(C(F)(F)F)CC1)CCN2C)C1CCC(C(=O)O)CC1. The number of halogens is 3. The molecule has 2 heterocycles. The lowest BCUT2D eigenvalue weighted by molar-refractivity contribution is -0.184. The molecule has 0 spiro atoms. The van der Waals surface area contributed by atoms with Gasteiger partial charge in [0.2, 0.25) is 0 Å². The van der Waals surface area contributed by atoms with Crippen LogP contribution in [-0.4, -0.2) is 65.9 Å². The van der Waals surface area contributed by atoms with Crippen LogP contribution in [0.15, 0.2) is 23.7 Å². The highest BCUT2D eigenvalue weighted by Gasteiger charge is 2.42. The summed E-state index contributed by atoms with van der Waals surface area (Å²) in [4.78, 5) is 15.9. The van der Waals surface area contributed by atoms with Crippen molar-refractivity contribution < 1.29 is 23.1 Å². The highest BCUT2D eigenvalue weighted by atomic mass is 19.4. The summed E-state index contributed by atoms with van der Waals surface area (Å²) in [6.07, 6.45) is 4.93. The summed E-state index contributed by atoms with van der Waals surface area (Å²) in [7, 11) is 2.09. The third-order valence-electron chi connectivity index (χ3n) is 8.54. The van der Waals surface area contributed by atoms with Crippen molar-refractivity contribution in [2.75, 3.05) is 26.7 Å². The molecular weight excluding hydrogens is 445 g/mol. The van der Waals surface area contributed by atoms with Gasteiger partial charge in [0, 0.05) is 38.9 Å². The molecule has 2 unspecified atom stereocenters. The number of allylic oxidation sites excluding steroid dienone is 1. The molecule has 192 valence electrons. The van der Waals surface area contributed by atoms with Crippen LogP contribution in [0.3, 0.4) is 0 Å². The second-order valence-electron chi connectivity index (χ2n) is 10.7. The fourth-order valence-electron chi connectivity index (χ4n) is 6.28. The highest BCUT2D eigenvalue weighted by molar-refractivity contribution is 5.70. The number of carboxylic acids is 1. The van der Waals surface area contributed by atoms with Crippen LogP contribution in [0.1, 0.15) is 58.3 Å². The van der Waals surface area contributed by atoms with Crippen LogP contribution in [0.4, 0.5) is 13.2 Å². The first-order valence-corrected chi connectivity index (χ1v) is 12.8. The number of nitrogens with one attached hydrogen (secondary N) is 2. The molecule has 0 aromatic rings. The first kappa shape index (κ1) is 25.2. The molecule has 0 amide bonds. The van der Waals surface area contributed by atoms with Gasteiger partial charge in [-0.05, 0) is 76.2 Å². The number of likely N-dealkylation sites (N-methyl/N-ethyl adjacent to an activating group) is 1. The Labute approximate surface area is 200 Å². The average Bonchev–Trinajstić information content (AvgIpc) is 2.81. The summed E-state index contributed by atoms with van der Waals surface area (Å²) in [6, 6.07) is 0.226. The normalized spacial score (nSPS) is 33.4. The fourth-order valence-corrected chi connectivity index (χ4v) is 6.28. The van der Waals surface area contributed by atoms with Crippen molar-refractivity contribution in [1.29, 1.82) is 0 Å². The topological polar surface area (TPSA) is 67.8 Å². The number of aliphatic carboxylic acids is 1. The van der Waals surface area contributed by atoms with Gasteiger partial charge in [0.15, 0.2) is 0 Å². The lowest BCUT2D eigenvalue weighted by atomic mass is 9.79. The Kier molecular flexibility index (Phi) is 7.69. The van der Waals surface area contributed by atoms with Gasteiger partial charge in [0.25, 0.3) is 0 Å². The molecule has 6 nitrogen and oxygen atoms in total. The van der Waals surface area contributed by atoms with Crippen molar-refractivity contribution >= 4 is 5.97 Å². The Morgan fingerprint density at radius 1 is 1.15 bits per heavy atom. The van der Waals surface area contributed by atoms with Gasteiger partial charge in [0.05, 0.1) is 23.2 Å². The van der Waals surface area contributed by atoms with Gasteiger partial charge in [0.1, 0.15) is 6.17 Å². The molecule has 4 rings (SSSR count). The molecular formula is C25H39F3N4O2. The third-order valence-corrected chi connectivity index (χ3v) is 8.54. The Bertz CT molecular complexity index is 784. The van der Waals surface area contributed by atoms with Crippen molar-refractivity contribution in [3.63, 3.8) is 0 Å². The second kappa shape index (κ2) is 10.4. The van der Waals surface area contributed by atoms with E-state index in [1.165, 1.54) is 5.70 Å². The van der Waals surface area contributed by atoms with Gasteiger partial charge >= 0.3 is 12.1 Å². The van der Waals surface area contributed by atoms with E-state index in [1.54, 1.807) is 0 Å². The predicted molar refractivity (Wildman–Crippen MR) is 124 cm³/mol. The number of dihydropyridines is 1. The molecule has 2 atom stereocenters. The zero-order valence-corrected chi connectivity index (χ0v) is 20.3.